The zero-order chi connectivity index (χ0) is 12.8. The van der Waals surface area contributed by atoms with Crippen LogP contribution in [0.25, 0.3) is 24.8 Å². The molecule has 1 rings (SSSR count). The average Bonchev–Trinajstić information content (AvgIpc) is 2.64. The van der Waals surface area contributed by atoms with Gasteiger partial charge < -0.3 is 4.98 Å². The lowest BCUT2D eigenvalue weighted by molar-refractivity contribution is 0.675. The highest BCUT2D eigenvalue weighted by molar-refractivity contribution is 5.65. The largest absolute Gasteiger partial charge is 0.355 e. The van der Waals surface area contributed by atoms with Gasteiger partial charge >= 0.3 is 0 Å². The van der Waals surface area contributed by atoms with E-state index in [0.717, 1.165) is 22.3 Å². The van der Waals surface area contributed by atoms with Crippen LogP contribution in [0.15, 0.2) is 37.2 Å². The number of H-pyrrole nitrogens is 1. The van der Waals surface area contributed by atoms with E-state index in [1.54, 1.807) is 6.08 Å². The van der Waals surface area contributed by atoms with Gasteiger partial charge in [-0.05, 0) is 31.2 Å². The molecule has 1 aromatic rings. The Bertz CT molecular complexity index is 585. The van der Waals surface area contributed by atoms with E-state index in [9.17, 15) is 4.39 Å². The van der Waals surface area contributed by atoms with E-state index in [4.69, 9.17) is 0 Å². The average molecular weight is 229 g/mol. The standard InChI is InChI=1S/C15H16FN/c1-5-8-9-15-11(4)13(10-12(16)6-2)14(7-3)17-15/h5-10,17H,2-4H2,1H3/b8-5-,12-10+,15-9+. The Morgan fingerprint density at radius 1 is 1.35 bits per heavy atom. The number of aromatic amines is 1. The quantitative estimate of drug-likeness (QED) is 0.764. The van der Waals surface area contributed by atoms with Crippen molar-refractivity contribution >= 4 is 24.8 Å². The summed E-state index contributed by atoms with van der Waals surface area (Å²) in [5.74, 6) is -0.394. The maximum absolute atomic E-state index is 13.2. The molecule has 0 saturated heterocycles. The van der Waals surface area contributed by atoms with Crippen molar-refractivity contribution in [3.05, 3.63) is 59.0 Å². The maximum atomic E-state index is 13.2. The van der Waals surface area contributed by atoms with Gasteiger partial charge in [-0.2, -0.15) is 0 Å². The minimum Gasteiger partial charge on any atom is -0.355 e. The molecule has 0 bridgehead atoms. The summed E-state index contributed by atoms with van der Waals surface area (Å²) in [6, 6.07) is 0. The Labute approximate surface area is 101 Å². The van der Waals surface area contributed by atoms with Crippen molar-refractivity contribution in [3.8, 4) is 0 Å². The fourth-order valence-electron chi connectivity index (χ4n) is 1.45. The summed E-state index contributed by atoms with van der Waals surface area (Å²) in [5, 5.41) is 1.59. The van der Waals surface area contributed by atoms with Crippen molar-refractivity contribution < 1.29 is 4.39 Å². The van der Waals surface area contributed by atoms with Gasteiger partial charge in [0.1, 0.15) is 5.83 Å². The highest BCUT2D eigenvalue weighted by Crippen LogP contribution is 2.08. The molecule has 1 N–H and O–H groups in total. The lowest BCUT2D eigenvalue weighted by Crippen LogP contribution is -2.21. The molecule has 0 saturated carbocycles. The zero-order valence-corrected chi connectivity index (χ0v) is 9.96. The van der Waals surface area contributed by atoms with Gasteiger partial charge in [0, 0.05) is 21.8 Å². The molecular formula is C15H16FN. The van der Waals surface area contributed by atoms with Crippen molar-refractivity contribution in [2.45, 2.75) is 6.92 Å². The molecule has 1 heterocycles. The molecule has 0 fully saturated rings. The monoisotopic (exact) mass is 229 g/mol. The topological polar surface area (TPSA) is 15.8 Å². The summed E-state index contributed by atoms with van der Waals surface area (Å²) in [7, 11) is 0. The molecule has 0 atom stereocenters. The van der Waals surface area contributed by atoms with Crippen LogP contribution in [-0.4, -0.2) is 4.98 Å². The number of aromatic nitrogens is 1. The smallest absolute Gasteiger partial charge is 0.123 e. The number of nitrogens with one attached hydrogen (secondary N) is 1. The molecule has 0 amide bonds. The molecule has 2 heteroatoms. The molecule has 0 radical (unpaired) electrons. The van der Waals surface area contributed by atoms with Crippen molar-refractivity contribution in [2.24, 2.45) is 0 Å². The second kappa shape index (κ2) is 5.85. The SMILES string of the molecule is C=C/C(F)=C\c1c(C=C)[nH]/c(=C/C=C\C)c1=C. The lowest BCUT2D eigenvalue weighted by atomic mass is 10.2. The van der Waals surface area contributed by atoms with Gasteiger partial charge in [0.15, 0.2) is 0 Å². The van der Waals surface area contributed by atoms with Gasteiger partial charge in [-0.3, -0.25) is 0 Å². The fraction of sp³-hybridized carbons (Fsp3) is 0.0667. The van der Waals surface area contributed by atoms with E-state index in [1.165, 1.54) is 6.08 Å². The van der Waals surface area contributed by atoms with Crippen LogP contribution in [0.5, 0.6) is 0 Å². The van der Waals surface area contributed by atoms with Gasteiger partial charge in [0.2, 0.25) is 0 Å². The Kier molecular flexibility index (Phi) is 4.46. The first-order valence-electron chi connectivity index (χ1n) is 5.30. The van der Waals surface area contributed by atoms with E-state index in [-0.39, 0.29) is 0 Å². The molecule has 0 aliphatic carbocycles. The molecule has 0 spiro atoms. The van der Waals surface area contributed by atoms with Crippen LogP contribution < -0.4 is 10.6 Å². The first kappa shape index (κ1) is 13.0. The van der Waals surface area contributed by atoms with E-state index in [1.807, 2.05) is 25.2 Å². The number of rotatable bonds is 4. The predicted octanol–water partition coefficient (Wildman–Crippen LogP) is 2.92. The molecular weight excluding hydrogens is 213 g/mol. The molecule has 17 heavy (non-hydrogen) atoms. The Morgan fingerprint density at radius 2 is 2.06 bits per heavy atom. The van der Waals surface area contributed by atoms with Crippen LogP contribution in [0.3, 0.4) is 0 Å². The number of allylic oxidation sites excluding steroid dienone is 4. The summed E-state index contributed by atoms with van der Waals surface area (Å²) in [6.07, 6.45) is 9.89. The van der Waals surface area contributed by atoms with Crippen molar-refractivity contribution in [2.75, 3.05) is 0 Å². The molecule has 1 nitrogen and oxygen atoms in total. The summed E-state index contributed by atoms with van der Waals surface area (Å²) < 4.78 is 13.2. The maximum Gasteiger partial charge on any atom is 0.123 e. The van der Waals surface area contributed by atoms with E-state index in [0.29, 0.717) is 5.56 Å². The molecule has 88 valence electrons. The van der Waals surface area contributed by atoms with Crippen molar-refractivity contribution in [1.82, 2.24) is 4.98 Å². The molecule has 1 aromatic heterocycles. The van der Waals surface area contributed by atoms with Crippen molar-refractivity contribution in [3.63, 3.8) is 0 Å². The molecule has 0 aliphatic rings. The summed E-state index contributed by atoms with van der Waals surface area (Å²) in [5.41, 5.74) is 1.45. The van der Waals surface area contributed by atoms with Crippen LogP contribution in [0.4, 0.5) is 4.39 Å². The third kappa shape index (κ3) is 2.94. The fourth-order valence-corrected chi connectivity index (χ4v) is 1.45. The Balaban J connectivity index is 3.51. The number of hydrogen-bond acceptors (Lipinski definition) is 0. The minimum absolute atomic E-state index is 0.394. The summed E-state index contributed by atoms with van der Waals surface area (Å²) in [6.45, 7) is 12.9. The highest BCUT2D eigenvalue weighted by Gasteiger charge is 2.02. The Hall–Kier alpha value is -2.09. The lowest BCUT2D eigenvalue weighted by Gasteiger charge is -1.91. The molecule has 0 unspecified atom stereocenters. The van der Waals surface area contributed by atoms with Gasteiger partial charge in [0.25, 0.3) is 0 Å². The first-order valence-corrected chi connectivity index (χ1v) is 5.30. The van der Waals surface area contributed by atoms with Crippen LogP contribution in [0.1, 0.15) is 18.2 Å². The van der Waals surface area contributed by atoms with Crippen LogP contribution in [0.2, 0.25) is 0 Å². The number of hydrogen-bond donors (Lipinski definition) is 1. The van der Waals surface area contributed by atoms with Crippen LogP contribution >= 0.6 is 0 Å². The molecule has 0 aliphatic heterocycles. The van der Waals surface area contributed by atoms with Gasteiger partial charge in [-0.15, -0.1) is 0 Å². The van der Waals surface area contributed by atoms with Crippen LogP contribution in [0, 0.1) is 0 Å². The first-order chi connectivity index (χ1) is 8.13. The Morgan fingerprint density at radius 3 is 2.59 bits per heavy atom. The normalized spacial score (nSPS) is 13.3. The van der Waals surface area contributed by atoms with Crippen molar-refractivity contribution in [1.29, 1.82) is 0 Å². The van der Waals surface area contributed by atoms with Crippen LogP contribution in [-0.2, 0) is 0 Å². The van der Waals surface area contributed by atoms with Gasteiger partial charge in [0.05, 0.1) is 0 Å². The second-order valence-corrected chi connectivity index (χ2v) is 3.47. The summed E-state index contributed by atoms with van der Waals surface area (Å²) >= 11 is 0. The second-order valence-electron chi connectivity index (χ2n) is 3.47. The zero-order valence-electron chi connectivity index (χ0n) is 9.96. The minimum atomic E-state index is -0.394. The van der Waals surface area contributed by atoms with Gasteiger partial charge in [-0.1, -0.05) is 31.9 Å². The third-order valence-electron chi connectivity index (χ3n) is 2.35. The van der Waals surface area contributed by atoms with E-state index >= 15 is 0 Å². The van der Waals surface area contributed by atoms with E-state index in [2.05, 4.69) is 24.7 Å². The third-order valence-corrected chi connectivity index (χ3v) is 2.35. The molecule has 0 aromatic carbocycles. The summed E-state index contributed by atoms with van der Waals surface area (Å²) in [4.78, 5) is 3.13. The van der Waals surface area contributed by atoms with Gasteiger partial charge in [-0.25, -0.2) is 4.39 Å². The number of halogens is 1. The predicted molar refractivity (Wildman–Crippen MR) is 74.2 cm³/mol. The highest BCUT2D eigenvalue weighted by atomic mass is 19.1. The van der Waals surface area contributed by atoms with E-state index < -0.39 is 5.83 Å².